The van der Waals surface area contributed by atoms with Gasteiger partial charge in [0, 0.05) is 28.7 Å². The van der Waals surface area contributed by atoms with Gasteiger partial charge in [0.25, 0.3) is 5.56 Å². The van der Waals surface area contributed by atoms with Gasteiger partial charge in [0.05, 0.1) is 17.1 Å². The fourth-order valence-electron chi connectivity index (χ4n) is 4.02. The van der Waals surface area contributed by atoms with E-state index in [1.54, 1.807) is 30.3 Å². The summed E-state index contributed by atoms with van der Waals surface area (Å²) in [6.07, 6.45) is 1.53. The van der Waals surface area contributed by atoms with Crippen LogP contribution >= 0.6 is 0 Å². The van der Waals surface area contributed by atoms with Crippen LogP contribution in [-0.2, 0) is 6.54 Å². The first-order valence-electron chi connectivity index (χ1n) is 10.1. The topological polar surface area (TPSA) is 72.2 Å². The van der Waals surface area contributed by atoms with Gasteiger partial charge in [0.1, 0.15) is 5.82 Å². The molecule has 0 saturated carbocycles. The van der Waals surface area contributed by atoms with E-state index < -0.39 is 11.2 Å². The Kier molecular flexibility index (Phi) is 4.78. The maximum atomic E-state index is 13.7. The lowest BCUT2D eigenvalue weighted by atomic mass is 10.1. The first-order chi connectivity index (χ1) is 15.5. The van der Waals surface area contributed by atoms with Gasteiger partial charge in [-0.3, -0.25) is 4.79 Å². The zero-order valence-electron chi connectivity index (χ0n) is 17.2. The summed E-state index contributed by atoms with van der Waals surface area (Å²) >= 11 is 0. The van der Waals surface area contributed by atoms with E-state index >= 15 is 0 Å². The zero-order valence-corrected chi connectivity index (χ0v) is 17.2. The molecule has 0 aliphatic carbocycles. The lowest BCUT2D eigenvalue weighted by Crippen LogP contribution is -2.32. The Morgan fingerprint density at radius 1 is 0.969 bits per heavy atom. The van der Waals surface area contributed by atoms with Gasteiger partial charge in [-0.25, -0.2) is 9.18 Å². The van der Waals surface area contributed by atoms with E-state index in [1.165, 1.54) is 18.3 Å². The molecule has 0 atom stereocenters. The maximum Gasteiger partial charge on any atom is 0.349 e. The molecule has 0 unspecified atom stereocenters. The summed E-state index contributed by atoms with van der Waals surface area (Å²) in [5.74, 6) is -0.284. The molecule has 7 heteroatoms. The molecule has 1 N–H and O–H groups in total. The predicted octanol–water partition coefficient (Wildman–Crippen LogP) is 4.02. The van der Waals surface area contributed by atoms with Gasteiger partial charge in [-0.05, 0) is 42.8 Å². The number of hydrogen-bond donors (Lipinski definition) is 1. The Morgan fingerprint density at radius 3 is 2.53 bits per heavy atom. The Hall–Kier alpha value is -4.26. The van der Waals surface area contributed by atoms with Crippen LogP contribution in [0.2, 0.25) is 0 Å². The van der Waals surface area contributed by atoms with Crippen molar-refractivity contribution in [2.24, 2.45) is 5.10 Å². The number of nitrogens with zero attached hydrogens (tertiary/aromatic N) is 3. The summed E-state index contributed by atoms with van der Waals surface area (Å²) in [5, 5.41) is 5.54. The largest absolute Gasteiger partial charge is 0.349 e. The quantitative estimate of drug-likeness (QED) is 0.441. The molecule has 0 aliphatic rings. The Balaban J connectivity index is 1.64. The van der Waals surface area contributed by atoms with Gasteiger partial charge >= 0.3 is 5.69 Å². The summed E-state index contributed by atoms with van der Waals surface area (Å²) in [7, 11) is 0. The van der Waals surface area contributed by atoms with Crippen LogP contribution in [0.4, 0.5) is 4.39 Å². The molecule has 0 spiro atoms. The van der Waals surface area contributed by atoms with Crippen molar-refractivity contribution in [2.45, 2.75) is 13.5 Å². The number of rotatable bonds is 4. The number of nitrogens with one attached hydrogen (secondary N) is 1. The summed E-state index contributed by atoms with van der Waals surface area (Å²) in [5.41, 5.74) is 2.85. The minimum atomic E-state index is -0.605. The SMILES string of the molecule is Cc1c(C=Nn2c(=O)[nH]c3ccccc3c2=O)c2ccccc2n1Cc1cccc(F)c1. The first-order valence-corrected chi connectivity index (χ1v) is 10.1. The van der Waals surface area contributed by atoms with Gasteiger partial charge in [-0.1, -0.05) is 42.5 Å². The molecule has 2 aromatic heterocycles. The fraction of sp³-hybridized carbons (Fsp3) is 0.0800. The van der Waals surface area contributed by atoms with Crippen LogP contribution in [0, 0.1) is 12.7 Å². The van der Waals surface area contributed by atoms with Crippen LogP contribution in [0.15, 0.2) is 87.5 Å². The smallest absolute Gasteiger partial charge is 0.340 e. The third-order valence-corrected chi connectivity index (χ3v) is 5.60. The number of para-hydroxylation sites is 2. The van der Waals surface area contributed by atoms with Gasteiger partial charge in [0.2, 0.25) is 0 Å². The molecule has 0 amide bonds. The van der Waals surface area contributed by atoms with E-state index in [2.05, 4.69) is 14.7 Å². The van der Waals surface area contributed by atoms with Crippen molar-refractivity contribution in [3.63, 3.8) is 0 Å². The molecule has 0 aliphatic heterocycles. The zero-order chi connectivity index (χ0) is 22.2. The molecule has 0 saturated heterocycles. The Labute approximate surface area is 181 Å². The normalized spacial score (nSPS) is 11.7. The van der Waals surface area contributed by atoms with E-state index in [4.69, 9.17) is 0 Å². The van der Waals surface area contributed by atoms with Crippen LogP contribution in [0.25, 0.3) is 21.8 Å². The molecule has 158 valence electrons. The average molecular weight is 426 g/mol. The molecule has 5 rings (SSSR count). The van der Waals surface area contributed by atoms with Gasteiger partial charge in [-0.2, -0.15) is 5.10 Å². The molecular weight excluding hydrogens is 407 g/mol. The number of fused-ring (bicyclic) bond motifs is 2. The average Bonchev–Trinajstić information content (AvgIpc) is 3.05. The van der Waals surface area contributed by atoms with Gasteiger partial charge in [0.15, 0.2) is 0 Å². The molecule has 3 aromatic carbocycles. The number of halogens is 1. The van der Waals surface area contributed by atoms with Crippen molar-refractivity contribution >= 4 is 28.0 Å². The molecule has 2 heterocycles. The summed E-state index contributed by atoms with van der Waals surface area (Å²) < 4.78 is 16.6. The predicted molar refractivity (Wildman–Crippen MR) is 124 cm³/mol. The minimum Gasteiger partial charge on any atom is -0.340 e. The first kappa shape index (κ1) is 19.7. The summed E-state index contributed by atoms with van der Waals surface area (Å²) in [6, 6.07) is 21.1. The second-order valence-electron chi connectivity index (χ2n) is 7.57. The van der Waals surface area contributed by atoms with Gasteiger partial charge in [-0.15, -0.1) is 4.68 Å². The van der Waals surface area contributed by atoms with E-state index in [9.17, 15) is 14.0 Å². The van der Waals surface area contributed by atoms with E-state index in [1.807, 2.05) is 37.3 Å². The number of hydrogen-bond acceptors (Lipinski definition) is 3. The van der Waals surface area contributed by atoms with Crippen molar-refractivity contribution in [3.8, 4) is 0 Å². The van der Waals surface area contributed by atoms with Crippen LogP contribution in [0.1, 0.15) is 16.8 Å². The van der Waals surface area contributed by atoms with Crippen LogP contribution in [0.3, 0.4) is 0 Å². The highest BCUT2D eigenvalue weighted by atomic mass is 19.1. The van der Waals surface area contributed by atoms with Crippen molar-refractivity contribution < 1.29 is 4.39 Å². The summed E-state index contributed by atoms with van der Waals surface area (Å²) in [4.78, 5) is 27.9. The Bertz CT molecular complexity index is 1630. The second-order valence-corrected chi connectivity index (χ2v) is 7.57. The van der Waals surface area contributed by atoms with Gasteiger partial charge < -0.3 is 9.55 Å². The monoisotopic (exact) mass is 426 g/mol. The Morgan fingerprint density at radius 2 is 1.72 bits per heavy atom. The third kappa shape index (κ3) is 3.33. The third-order valence-electron chi connectivity index (χ3n) is 5.60. The molecule has 32 heavy (non-hydrogen) atoms. The van der Waals surface area contributed by atoms with E-state index in [0.717, 1.165) is 32.4 Å². The number of aromatic nitrogens is 3. The molecule has 5 aromatic rings. The molecule has 6 nitrogen and oxygen atoms in total. The molecular formula is C25H19FN4O2. The molecule has 0 radical (unpaired) electrons. The van der Waals surface area contributed by atoms with Crippen LogP contribution < -0.4 is 11.2 Å². The highest BCUT2D eigenvalue weighted by molar-refractivity contribution is 6.01. The van der Waals surface area contributed by atoms with Crippen LogP contribution in [-0.4, -0.2) is 20.4 Å². The standard InChI is InChI=1S/C25H19FN4O2/c1-16-21(14-27-30-24(31)20-10-2-4-11-22(20)28-25(30)32)19-9-3-5-12-23(19)29(16)15-17-7-6-8-18(26)13-17/h2-14H,15H2,1H3,(H,28,32). The van der Waals surface area contributed by atoms with E-state index in [0.29, 0.717) is 17.4 Å². The van der Waals surface area contributed by atoms with Crippen molar-refractivity contribution in [1.82, 2.24) is 14.2 Å². The van der Waals surface area contributed by atoms with Crippen molar-refractivity contribution in [3.05, 3.63) is 116 Å². The number of benzene rings is 3. The van der Waals surface area contributed by atoms with E-state index in [-0.39, 0.29) is 5.82 Å². The maximum absolute atomic E-state index is 13.7. The molecule has 0 bridgehead atoms. The molecule has 0 fully saturated rings. The fourth-order valence-corrected chi connectivity index (χ4v) is 4.02. The van der Waals surface area contributed by atoms with Crippen LogP contribution in [0.5, 0.6) is 0 Å². The minimum absolute atomic E-state index is 0.284. The lowest BCUT2D eigenvalue weighted by Gasteiger charge is -2.09. The number of H-pyrrole nitrogens is 1. The van der Waals surface area contributed by atoms with Crippen molar-refractivity contribution in [2.75, 3.05) is 0 Å². The highest BCUT2D eigenvalue weighted by Gasteiger charge is 2.14. The van der Waals surface area contributed by atoms with Crippen molar-refractivity contribution in [1.29, 1.82) is 0 Å². The summed E-state index contributed by atoms with van der Waals surface area (Å²) in [6.45, 7) is 2.42. The second kappa shape index (κ2) is 7.77. The lowest BCUT2D eigenvalue weighted by molar-refractivity contribution is 0.623. The highest BCUT2D eigenvalue weighted by Crippen LogP contribution is 2.25. The number of aromatic amines is 1.